The zero-order valence-electron chi connectivity index (χ0n) is 15.9. The predicted octanol–water partition coefficient (Wildman–Crippen LogP) is 3.53. The number of aryl methyl sites for hydroxylation is 2. The van der Waals surface area contributed by atoms with Crippen molar-refractivity contribution in [2.24, 2.45) is 7.05 Å². The molecule has 0 unspecified atom stereocenters. The third-order valence-electron chi connectivity index (χ3n) is 4.29. The van der Waals surface area contributed by atoms with Crippen LogP contribution in [0.15, 0.2) is 59.8 Å². The smallest absolute Gasteiger partial charge is 0.234 e. The van der Waals surface area contributed by atoms with E-state index in [9.17, 15) is 9.59 Å². The van der Waals surface area contributed by atoms with E-state index in [4.69, 9.17) is 0 Å². The number of thioether (sulfide) groups is 1. The van der Waals surface area contributed by atoms with E-state index >= 15 is 0 Å². The van der Waals surface area contributed by atoms with Gasteiger partial charge in [-0.15, -0.1) is 10.2 Å². The maximum atomic E-state index is 12.2. The summed E-state index contributed by atoms with van der Waals surface area (Å²) in [5.41, 5.74) is 2.44. The Bertz CT molecular complexity index is 970. The first kappa shape index (κ1) is 19.8. The standard InChI is InChI=1S/C21H22N4O2S/c1-15(26)17-9-6-10-18(13-17)22-20(27)14-28-21-24-23-19(25(21)2)12-11-16-7-4-3-5-8-16/h3-10,13H,11-12,14H2,1-2H3,(H,22,27). The van der Waals surface area contributed by atoms with Gasteiger partial charge < -0.3 is 9.88 Å². The fourth-order valence-corrected chi connectivity index (χ4v) is 3.46. The number of hydrogen-bond donors (Lipinski definition) is 1. The minimum absolute atomic E-state index is 0.0346. The second-order valence-electron chi connectivity index (χ2n) is 6.42. The third-order valence-corrected chi connectivity index (χ3v) is 5.31. The van der Waals surface area contributed by atoms with Crippen LogP contribution in [0.5, 0.6) is 0 Å². The quantitative estimate of drug-likeness (QED) is 0.467. The van der Waals surface area contributed by atoms with E-state index in [-0.39, 0.29) is 17.4 Å². The van der Waals surface area contributed by atoms with Gasteiger partial charge >= 0.3 is 0 Å². The van der Waals surface area contributed by atoms with Crippen LogP contribution in [-0.2, 0) is 24.7 Å². The number of Topliss-reactive ketones (excluding diaryl/α,β-unsaturated/α-hetero) is 1. The molecule has 28 heavy (non-hydrogen) atoms. The Hall–Kier alpha value is -2.93. The maximum Gasteiger partial charge on any atom is 0.234 e. The van der Waals surface area contributed by atoms with Gasteiger partial charge in [-0.25, -0.2) is 0 Å². The molecule has 0 saturated heterocycles. The molecule has 0 radical (unpaired) electrons. The van der Waals surface area contributed by atoms with Crippen molar-refractivity contribution in [1.82, 2.24) is 14.8 Å². The number of aromatic nitrogens is 3. The second-order valence-corrected chi connectivity index (χ2v) is 7.36. The highest BCUT2D eigenvalue weighted by Gasteiger charge is 2.12. The van der Waals surface area contributed by atoms with E-state index in [1.807, 2.05) is 29.8 Å². The number of nitrogens with one attached hydrogen (secondary N) is 1. The molecule has 1 heterocycles. The summed E-state index contributed by atoms with van der Waals surface area (Å²) in [6, 6.07) is 17.2. The topological polar surface area (TPSA) is 76.9 Å². The van der Waals surface area contributed by atoms with Crippen LogP contribution in [-0.4, -0.2) is 32.2 Å². The number of carbonyl (C=O) groups excluding carboxylic acids is 2. The number of nitrogens with zero attached hydrogens (tertiary/aromatic N) is 3. The molecular weight excluding hydrogens is 372 g/mol. The normalized spacial score (nSPS) is 10.6. The predicted molar refractivity (Wildman–Crippen MR) is 111 cm³/mol. The molecular formula is C21H22N4O2S. The minimum Gasteiger partial charge on any atom is -0.325 e. The molecule has 0 fully saturated rings. The summed E-state index contributed by atoms with van der Waals surface area (Å²) < 4.78 is 1.93. The molecule has 0 aliphatic carbocycles. The second kappa shape index (κ2) is 9.32. The maximum absolute atomic E-state index is 12.2. The van der Waals surface area contributed by atoms with Gasteiger partial charge in [-0.3, -0.25) is 9.59 Å². The van der Waals surface area contributed by atoms with E-state index in [1.54, 1.807) is 24.3 Å². The Morgan fingerprint density at radius 3 is 2.57 bits per heavy atom. The summed E-state index contributed by atoms with van der Waals surface area (Å²) in [6.45, 7) is 1.50. The van der Waals surface area contributed by atoms with Crippen LogP contribution < -0.4 is 5.32 Å². The van der Waals surface area contributed by atoms with Crippen molar-refractivity contribution in [1.29, 1.82) is 0 Å². The van der Waals surface area contributed by atoms with Crippen LogP contribution >= 0.6 is 11.8 Å². The number of ketones is 1. The number of rotatable bonds is 8. The van der Waals surface area contributed by atoms with Crippen molar-refractivity contribution in [2.45, 2.75) is 24.9 Å². The van der Waals surface area contributed by atoms with Crippen molar-refractivity contribution in [3.05, 3.63) is 71.5 Å². The molecule has 1 aromatic heterocycles. The Morgan fingerprint density at radius 1 is 1.04 bits per heavy atom. The molecule has 0 aliphatic heterocycles. The van der Waals surface area contributed by atoms with Crippen molar-refractivity contribution < 1.29 is 9.59 Å². The lowest BCUT2D eigenvalue weighted by atomic mass is 10.1. The fourth-order valence-electron chi connectivity index (χ4n) is 2.73. The zero-order chi connectivity index (χ0) is 19.9. The van der Waals surface area contributed by atoms with Crippen molar-refractivity contribution in [3.63, 3.8) is 0 Å². The van der Waals surface area contributed by atoms with Gasteiger partial charge in [-0.2, -0.15) is 0 Å². The molecule has 3 aromatic rings. The van der Waals surface area contributed by atoms with Crippen LogP contribution in [0.25, 0.3) is 0 Å². The zero-order valence-corrected chi connectivity index (χ0v) is 16.7. The summed E-state index contributed by atoms with van der Waals surface area (Å²) in [5.74, 6) is 0.919. The van der Waals surface area contributed by atoms with Gasteiger partial charge in [-0.1, -0.05) is 54.2 Å². The summed E-state index contributed by atoms with van der Waals surface area (Å²) in [7, 11) is 1.91. The van der Waals surface area contributed by atoms with Crippen LogP contribution in [0.4, 0.5) is 5.69 Å². The Kier molecular flexibility index (Phi) is 6.60. The van der Waals surface area contributed by atoms with Crippen LogP contribution in [0.2, 0.25) is 0 Å². The van der Waals surface area contributed by atoms with E-state index < -0.39 is 0 Å². The van der Waals surface area contributed by atoms with E-state index in [1.165, 1.54) is 24.2 Å². The van der Waals surface area contributed by atoms with Crippen molar-refractivity contribution in [3.8, 4) is 0 Å². The summed E-state index contributed by atoms with van der Waals surface area (Å²) in [6.07, 6.45) is 1.68. The average Bonchev–Trinajstić information content (AvgIpc) is 3.05. The monoisotopic (exact) mass is 394 g/mol. The fraction of sp³-hybridized carbons (Fsp3) is 0.238. The highest BCUT2D eigenvalue weighted by molar-refractivity contribution is 7.99. The van der Waals surface area contributed by atoms with E-state index in [2.05, 4.69) is 27.6 Å². The summed E-state index contributed by atoms with van der Waals surface area (Å²) in [4.78, 5) is 23.7. The molecule has 0 atom stereocenters. The average molecular weight is 395 g/mol. The SMILES string of the molecule is CC(=O)c1cccc(NC(=O)CSc2nnc(CCc3ccccc3)n2C)c1. The highest BCUT2D eigenvalue weighted by atomic mass is 32.2. The number of hydrogen-bond acceptors (Lipinski definition) is 5. The molecule has 144 valence electrons. The molecule has 6 nitrogen and oxygen atoms in total. The first-order valence-corrected chi connectivity index (χ1v) is 9.97. The summed E-state index contributed by atoms with van der Waals surface area (Å²) >= 11 is 1.34. The van der Waals surface area contributed by atoms with Crippen LogP contribution in [0, 0.1) is 0 Å². The summed E-state index contributed by atoms with van der Waals surface area (Å²) in [5, 5.41) is 12.0. The van der Waals surface area contributed by atoms with Crippen molar-refractivity contribution >= 4 is 29.1 Å². The molecule has 1 amide bonds. The lowest BCUT2D eigenvalue weighted by Crippen LogP contribution is -2.15. The first-order chi connectivity index (χ1) is 13.5. The largest absolute Gasteiger partial charge is 0.325 e. The Labute approximate surface area is 168 Å². The van der Waals surface area contributed by atoms with E-state index in [0.29, 0.717) is 16.4 Å². The number of amides is 1. The molecule has 2 aromatic carbocycles. The van der Waals surface area contributed by atoms with Crippen LogP contribution in [0.3, 0.4) is 0 Å². The minimum atomic E-state index is -0.153. The van der Waals surface area contributed by atoms with Gasteiger partial charge in [0.1, 0.15) is 5.82 Å². The lowest BCUT2D eigenvalue weighted by Gasteiger charge is -2.07. The lowest BCUT2D eigenvalue weighted by molar-refractivity contribution is -0.113. The molecule has 1 N–H and O–H groups in total. The highest BCUT2D eigenvalue weighted by Crippen LogP contribution is 2.18. The third kappa shape index (κ3) is 5.29. The molecule has 3 rings (SSSR count). The number of anilines is 1. The molecule has 7 heteroatoms. The van der Waals surface area contributed by atoms with Gasteiger partial charge in [0.2, 0.25) is 5.91 Å². The van der Waals surface area contributed by atoms with Gasteiger partial charge in [0.25, 0.3) is 0 Å². The molecule has 0 aliphatic rings. The van der Waals surface area contributed by atoms with Gasteiger partial charge in [-0.05, 0) is 31.0 Å². The van der Waals surface area contributed by atoms with Crippen molar-refractivity contribution in [2.75, 3.05) is 11.1 Å². The van der Waals surface area contributed by atoms with Gasteiger partial charge in [0, 0.05) is 24.7 Å². The number of benzene rings is 2. The molecule has 0 saturated carbocycles. The van der Waals surface area contributed by atoms with Crippen LogP contribution in [0.1, 0.15) is 28.7 Å². The first-order valence-electron chi connectivity index (χ1n) is 8.99. The Balaban J connectivity index is 1.53. The number of carbonyl (C=O) groups is 2. The molecule has 0 spiro atoms. The van der Waals surface area contributed by atoms with Gasteiger partial charge in [0.15, 0.2) is 10.9 Å². The van der Waals surface area contributed by atoms with E-state index in [0.717, 1.165) is 18.7 Å². The molecule has 0 bridgehead atoms. The van der Waals surface area contributed by atoms with Gasteiger partial charge in [0.05, 0.1) is 5.75 Å². The Morgan fingerprint density at radius 2 is 1.82 bits per heavy atom.